The second-order valence-corrected chi connectivity index (χ2v) is 6.05. The van der Waals surface area contributed by atoms with Gasteiger partial charge in [-0.25, -0.2) is 4.98 Å². The lowest BCUT2D eigenvalue weighted by molar-refractivity contribution is -0.116. The highest BCUT2D eigenvalue weighted by atomic mass is 32.1. The maximum absolute atomic E-state index is 11.7. The molecule has 96 valence electrons. The summed E-state index contributed by atoms with van der Waals surface area (Å²) in [5.41, 5.74) is 2.25. The highest BCUT2D eigenvalue weighted by molar-refractivity contribution is 7.13. The quantitative estimate of drug-likeness (QED) is 0.902. The van der Waals surface area contributed by atoms with Crippen molar-refractivity contribution in [3.8, 4) is 0 Å². The van der Waals surface area contributed by atoms with Crippen molar-refractivity contribution in [2.24, 2.45) is 0 Å². The van der Waals surface area contributed by atoms with Crippen LogP contribution in [-0.2, 0) is 11.2 Å². The summed E-state index contributed by atoms with van der Waals surface area (Å²) in [6, 6.07) is 2.05. The molecule has 0 bridgehead atoms. The summed E-state index contributed by atoms with van der Waals surface area (Å²) in [6.07, 6.45) is 1.30. The lowest BCUT2D eigenvalue weighted by atomic mass is 10.2. The van der Waals surface area contributed by atoms with Gasteiger partial charge >= 0.3 is 0 Å². The topological polar surface area (TPSA) is 42.0 Å². The first-order chi connectivity index (χ1) is 8.65. The molecule has 1 amide bonds. The SMILES string of the molecule is CC(C)c1csc(NC(=O)CCc2ccsc2)n1. The Morgan fingerprint density at radius 1 is 1.44 bits per heavy atom. The molecule has 0 unspecified atom stereocenters. The molecule has 5 heteroatoms. The van der Waals surface area contributed by atoms with Crippen molar-refractivity contribution in [1.29, 1.82) is 0 Å². The van der Waals surface area contributed by atoms with Gasteiger partial charge in [-0.05, 0) is 34.7 Å². The van der Waals surface area contributed by atoms with Gasteiger partial charge in [0.05, 0.1) is 5.69 Å². The van der Waals surface area contributed by atoms with Crippen LogP contribution < -0.4 is 5.32 Å². The number of thiophene rings is 1. The number of hydrogen-bond acceptors (Lipinski definition) is 4. The molecule has 0 saturated carbocycles. The van der Waals surface area contributed by atoms with E-state index in [9.17, 15) is 4.79 Å². The molecule has 0 aliphatic rings. The van der Waals surface area contributed by atoms with E-state index in [1.165, 1.54) is 16.9 Å². The molecule has 0 aliphatic heterocycles. The summed E-state index contributed by atoms with van der Waals surface area (Å²) in [6.45, 7) is 4.19. The minimum absolute atomic E-state index is 0.0332. The van der Waals surface area contributed by atoms with Crippen molar-refractivity contribution in [1.82, 2.24) is 4.98 Å². The third-order valence-corrected chi connectivity index (χ3v) is 4.09. The van der Waals surface area contributed by atoms with Crippen LogP contribution in [0.3, 0.4) is 0 Å². The number of nitrogens with zero attached hydrogens (tertiary/aromatic N) is 1. The fourth-order valence-corrected chi connectivity index (χ4v) is 3.07. The molecular formula is C13H16N2OS2. The molecule has 2 heterocycles. The van der Waals surface area contributed by atoms with Crippen molar-refractivity contribution < 1.29 is 4.79 Å². The molecule has 2 aromatic rings. The maximum atomic E-state index is 11.7. The van der Waals surface area contributed by atoms with Gasteiger partial charge in [-0.1, -0.05) is 13.8 Å². The summed E-state index contributed by atoms with van der Waals surface area (Å²) >= 11 is 3.15. The molecule has 0 aliphatic carbocycles. The van der Waals surface area contributed by atoms with Crippen LogP contribution in [0.1, 0.15) is 37.4 Å². The van der Waals surface area contributed by atoms with E-state index in [2.05, 4.69) is 35.6 Å². The van der Waals surface area contributed by atoms with Gasteiger partial charge in [0, 0.05) is 11.8 Å². The molecule has 2 aromatic heterocycles. The van der Waals surface area contributed by atoms with Gasteiger partial charge in [0.25, 0.3) is 0 Å². The first-order valence-electron chi connectivity index (χ1n) is 5.91. The number of thiazole rings is 1. The fourth-order valence-electron chi connectivity index (χ4n) is 1.48. The van der Waals surface area contributed by atoms with E-state index in [-0.39, 0.29) is 5.91 Å². The standard InChI is InChI=1S/C13H16N2OS2/c1-9(2)11-8-18-13(14-11)15-12(16)4-3-10-5-6-17-7-10/h5-9H,3-4H2,1-2H3,(H,14,15,16). The number of aromatic nitrogens is 1. The van der Waals surface area contributed by atoms with Crippen LogP contribution in [0.25, 0.3) is 0 Å². The van der Waals surface area contributed by atoms with E-state index >= 15 is 0 Å². The molecule has 2 rings (SSSR count). The van der Waals surface area contributed by atoms with Crippen LogP contribution in [0.4, 0.5) is 5.13 Å². The Morgan fingerprint density at radius 2 is 2.28 bits per heavy atom. The third-order valence-electron chi connectivity index (χ3n) is 2.58. The summed E-state index contributed by atoms with van der Waals surface area (Å²) < 4.78 is 0. The van der Waals surface area contributed by atoms with Gasteiger partial charge in [-0.3, -0.25) is 4.79 Å². The number of aryl methyl sites for hydroxylation is 1. The number of hydrogen-bond donors (Lipinski definition) is 1. The second-order valence-electron chi connectivity index (χ2n) is 4.41. The highest BCUT2D eigenvalue weighted by Crippen LogP contribution is 2.21. The van der Waals surface area contributed by atoms with E-state index in [4.69, 9.17) is 0 Å². The van der Waals surface area contributed by atoms with Gasteiger partial charge in [-0.15, -0.1) is 11.3 Å². The summed E-state index contributed by atoms with van der Waals surface area (Å²) in [5.74, 6) is 0.434. The number of nitrogens with one attached hydrogen (secondary N) is 1. The van der Waals surface area contributed by atoms with Gasteiger partial charge < -0.3 is 5.32 Å². The molecule has 0 radical (unpaired) electrons. The van der Waals surface area contributed by atoms with Crippen LogP contribution in [-0.4, -0.2) is 10.9 Å². The molecule has 0 saturated heterocycles. The molecule has 18 heavy (non-hydrogen) atoms. The minimum atomic E-state index is 0.0332. The Kier molecular flexibility index (Phi) is 4.49. The Balaban J connectivity index is 1.83. The normalized spacial score (nSPS) is 10.8. The van der Waals surface area contributed by atoms with Gasteiger partial charge in [0.1, 0.15) is 0 Å². The summed E-state index contributed by atoms with van der Waals surface area (Å²) in [5, 5.41) is 9.66. The average molecular weight is 280 g/mol. The number of carbonyl (C=O) groups is 1. The number of anilines is 1. The number of carbonyl (C=O) groups excluding carboxylic acids is 1. The zero-order chi connectivity index (χ0) is 13.0. The smallest absolute Gasteiger partial charge is 0.226 e. The first kappa shape index (κ1) is 13.2. The van der Waals surface area contributed by atoms with Crippen LogP contribution in [0.2, 0.25) is 0 Å². The van der Waals surface area contributed by atoms with E-state index in [1.807, 2.05) is 10.8 Å². The van der Waals surface area contributed by atoms with Gasteiger partial charge in [0.15, 0.2) is 5.13 Å². The van der Waals surface area contributed by atoms with Crippen LogP contribution >= 0.6 is 22.7 Å². The fraction of sp³-hybridized carbons (Fsp3) is 0.385. The van der Waals surface area contributed by atoms with Crippen molar-refractivity contribution >= 4 is 33.7 Å². The molecule has 1 N–H and O–H groups in total. The predicted molar refractivity (Wildman–Crippen MR) is 77.5 cm³/mol. The number of amides is 1. The zero-order valence-electron chi connectivity index (χ0n) is 10.5. The monoisotopic (exact) mass is 280 g/mol. The van der Waals surface area contributed by atoms with E-state index in [0.717, 1.165) is 12.1 Å². The predicted octanol–water partition coefficient (Wildman–Crippen LogP) is 3.90. The highest BCUT2D eigenvalue weighted by Gasteiger charge is 2.08. The third kappa shape index (κ3) is 3.65. The lowest BCUT2D eigenvalue weighted by Gasteiger charge is -2.01. The molecule has 0 aromatic carbocycles. The van der Waals surface area contributed by atoms with Gasteiger partial charge in [-0.2, -0.15) is 11.3 Å². The van der Waals surface area contributed by atoms with E-state index in [0.29, 0.717) is 17.5 Å². The first-order valence-corrected chi connectivity index (χ1v) is 7.73. The van der Waals surface area contributed by atoms with Gasteiger partial charge in [0.2, 0.25) is 5.91 Å². The van der Waals surface area contributed by atoms with Crippen molar-refractivity contribution in [2.45, 2.75) is 32.6 Å². The van der Waals surface area contributed by atoms with E-state index in [1.54, 1.807) is 11.3 Å². The van der Waals surface area contributed by atoms with Crippen LogP contribution in [0, 0.1) is 0 Å². The van der Waals surface area contributed by atoms with Crippen molar-refractivity contribution in [3.05, 3.63) is 33.5 Å². The summed E-state index contributed by atoms with van der Waals surface area (Å²) in [4.78, 5) is 16.1. The van der Waals surface area contributed by atoms with Crippen molar-refractivity contribution in [2.75, 3.05) is 5.32 Å². The van der Waals surface area contributed by atoms with Crippen LogP contribution in [0.15, 0.2) is 22.2 Å². The average Bonchev–Trinajstić information content (AvgIpc) is 2.96. The maximum Gasteiger partial charge on any atom is 0.226 e. The molecule has 0 fully saturated rings. The molecule has 0 atom stereocenters. The zero-order valence-corrected chi connectivity index (χ0v) is 12.1. The lowest BCUT2D eigenvalue weighted by Crippen LogP contribution is -2.12. The molecule has 0 spiro atoms. The Morgan fingerprint density at radius 3 is 2.89 bits per heavy atom. The second kappa shape index (κ2) is 6.11. The van der Waals surface area contributed by atoms with Crippen LogP contribution in [0.5, 0.6) is 0 Å². The molecular weight excluding hydrogens is 264 g/mol. The number of rotatable bonds is 5. The Labute approximate surface area is 115 Å². The minimum Gasteiger partial charge on any atom is -0.302 e. The molecule has 3 nitrogen and oxygen atoms in total. The largest absolute Gasteiger partial charge is 0.302 e. The van der Waals surface area contributed by atoms with E-state index < -0.39 is 0 Å². The summed E-state index contributed by atoms with van der Waals surface area (Å²) in [7, 11) is 0. The Bertz CT molecular complexity index is 503. The van der Waals surface area contributed by atoms with Crippen molar-refractivity contribution in [3.63, 3.8) is 0 Å². The Hall–Kier alpha value is -1.20.